The number of thiophene rings is 1. The third kappa shape index (κ3) is 8.05. The molecule has 1 saturated heterocycles. The van der Waals surface area contributed by atoms with Crippen LogP contribution in [0.2, 0.25) is 5.02 Å². The Morgan fingerprint density at radius 3 is 2.59 bits per heavy atom. The first kappa shape index (κ1) is 27.1. The average molecular weight is 526 g/mol. The van der Waals surface area contributed by atoms with Gasteiger partial charge in [0.15, 0.2) is 0 Å². The van der Waals surface area contributed by atoms with Gasteiger partial charge in [0.2, 0.25) is 0 Å². The largest absolute Gasteiger partial charge is 0.347 e. The molecule has 6 nitrogen and oxygen atoms in total. The van der Waals surface area contributed by atoms with Crippen LogP contribution in [0.15, 0.2) is 40.6 Å². The van der Waals surface area contributed by atoms with Crippen molar-refractivity contribution in [1.82, 2.24) is 14.9 Å². The number of benzene rings is 1. The fourth-order valence-electron chi connectivity index (χ4n) is 4.14. The van der Waals surface area contributed by atoms with Crippen molar-refractivity contribution >= 4 is 38.9 Å². The Labute approximate surface area is 213 Å². The number of rotatable bonds is 12. The van der Waals surface area contributed by atoms with Crippen molar-refractivity contribution in [3.8, 4) is 0 Å². The number of amides is 1. The minimum Gasteiger partial charge on any atom is -0.347 e. The van der Waals surface area contributed by atoms with E-state index in [1.807, 2.05) is 0 Å². The number of halogens is 1. The summed E-state index contributed by atoms with van der Waals surface area (Å²) < 4.78 is 28.4. The Bertz CT molecular complexity index is 1010. The standard InChI is InChI=1S/C25H36ClN3O3S2/c1-2-3-4-5-6-16-27-22-8-7-17-29(18-15-22)34(31,32)24-14-13-23(33-24)19-28-25(30)20-9-11-21(26)12-10-20/h9-14,22,27H,2-8,15-19H2,1H3,(H,28,30). The zero-order valence-corrected chi connectivity index (χ0v) is 22.3. The van der Waals surface area contributed by atoms with Gasteiger partial charge in [-0.05, 0) is 68.6 Å². The van der Waals surface area contributed by atoms with E-state index in [0.29, 0.717) is 33.9 Å². The maximum absolute atomic E-state index is 13.2. The number of hydrogen-bond donors (Lipinski definition) is 2. The Morgan fingerprint density at radius 1 is 1.06 bits per heavy atom. The van der Waals surface area contributed by atoms with E-state index in [4.69, 9.17) is 11.6 Å². The van der Waals surface area contributed by atoms with E-state index in [0.717, 1.165) is 30.7 Å². The Kier molecular flexibility index (Phi) is 10.8. The van der Waals surface area contributed by atoms with Gasteiger partial charge in [-0.15, -0.1) is 11.3 Å². The van der Waals surface area contributed by atoms with Crippen LogP contribution in [0, 0.1) is 0 Å². The van der Waals surface area contributed by atoms with Crippen LogP contribution in [0.4, 0.5) is 0 Å². The summed E-state index contributed by atoms with van der Waals surface area (Å²) in [6.45, 7) is 4.61. The summed E-state index contributed by atoms with van der Waals surface area (Å²) >= 11 is 7.09. The van der Waals surface area contributed by atoms with Gasteiger partial charge >= 0.3 is 0 Å². The van der Waals surface area contributed by atoms with Gasteiger partial charge < -0.3 is 10.6 Å². The Balaban J connectivity index is 1.48. The molecule has 1 aliphatic heterocycles. The zero-order chi connectivity index (χ0) is 24.4. The van der Waals surface area contributed by atoms with Gasteiger partial charge in [0.1, 0.15) is 4.21 Å². The Morgan fingerprint density at radius 2 is 1.82 bits per heavy atom. The minimum atomic E-state index is -3.52. The molecule has 1 unspecified atom stereocenters. The van der Waals surface area contributed by atoms with Crippen LogP contribution in [0.1, 0.15) is 73.5 Å². The monoisotopic (exact) mass is 525 g/mol. The average Bonchev–Trinajstić information content (AvgIpc) is 3.19. The third-order valence-electron chi connectivity index (χ3n) is 6.16. The van der Waals surface area contributed by atoms with E-state index in [1.165, 1.54) is 43.4 Å². The summed E-state index contributed by atoms with van der Waals surface area (Å²) in [5, 5.41) is 7.05. The molecule has 0 bridgehead atoms. The van der Waals surface area contributed by atoms with Crippen LogP contribution in [0.3, 0.4) is 0 Å². The summed E-state index contributed by atoms with van der Waals surface area (Å²) in [6, 6.07) is 10.5. The van der Waals surface area contributed by atoms with Gasteiger partial charge in [0.25, 0.3) is 15.9 Å². The third-order valence-corrected chi connectivity index (χ3v) is 9.86. The topological polar surface area (TPSA) is 78.5 Å². The van der Waals surface area contributed by atoms with Crippen LogP contribution >= 0.6 is 22.9 Å². The fraction of sp³-hybridized carbons (Fsp3) is 0.560. The molecule has 1 fully saturated rings. The lowest BCUT2D eigenvalue weighted by Gasteiger charge is -2.19. The van der Waals surface area contributed by atoms with E-state index < -0.39 is 10.0 Å². The fourth-order valence-corrected chi connectivity index (χ4v) is 7.21. The molecule has 34 heavy (non-hydrogen) atoms. The first-order chi connectivity index (χ1) is 16.4. The van der Waals surface area contributed by atoms with Crippen molar-refractivity contribution in [3.05, 3.63) is 51.9 Å². The normalized spacial score (nSPS) is 17.4. The minimum absolute atomic E-state index is 0.217. The highest BCUT2D eigenvalue weighted by Crippen LogP contribution is 2.27. The smallest absolute Gasteiger partial charge is 0.252 e. The van der Waals surface area contributed by atoms with Crippen molar-refractivity contribution in [2.75, 3.05) is 19.6 Å². The summed E-state index contributed by atoms with van der Waals surface area (Å²) in [6.07, 6.45) is 9.00. The molecule has 0 spiro atoms. The van der Waals surface area contributed by atoms with Crippen LogP contribution in [0.5, 0.6) is 0 Å². The molecule has 2 heterocycles. The first-order valence-corrected chi connectivity index (χ1v) is 14.9. The molecule has 0 saturated carbocycles. The second-order valence-electron chi connectivity index (χ2n) is 8.81. The van der Waals surface area contributed by atoms with E-state index in [1.54, 1.807) is 40.7 Å². The molecule has 1 atom stereocenters. The highest BCUT2D eigenvalue weighted by Gasteiger charge is 2.28. The number of carbonyl (C=O) groups is 1. The molecule has 1 aliphatic rings. The van der Waals surface area contributed by atoms with Crippen molar-refractivity contribution in [2.24, 2.45) is 0 Å². The quantitative estimate of drug-likeness (QED) is 0.362. The van der Waals surface area contributed by atoms with Crippen molar-refractivity contribution in [2.45, 2.75) is 75.1 Å². The van der Waals surface area contributed by atoms with E-state index in [-0.39, 0.29) is 12.5 Å². The van der Waals surface area contributed by atoms with Gasteiger partial charge in [-0.2, -0.15) is 4.31 Å². The van der Waals surface area contributed by atoms with Crippen LogP contribution in [-0.4, -0.2) is 44.3 Å². The van der Waals surface area contributed by atoms with Crippen LogP contribution in [0.25, 0.3) is 0 Å². The summed E-state index contributed by atoms with van der Waals surface area (Å²) in [5.41, 5.74) is 0.516. The number of nitrogens with one attached hydrogen (secondary N) is 2. The summed E-state index contributed by atoms with van der Waals surface area (Å²) in [5.74, 6) is -0.217. The van der Waals surface area contributed by atoms with Gasteiger partial charge in [-0.3, -0.25) is 4.79 Å². The molecule has 1 aromatic heterocycles. The molecule has 1 aromatic carbocycles. The van der Waals surface area contributed by atoms with Crippen molar-refractivity contribution < 1.29 is 13.2 Å². The predicted octanol–water partition coefficient (Wildman–Crippen LogP) is 5.43. The summed E-state index contributed by atoms with van der Waals surface area (Å²) in [7, 11) is -3.52. The molecule has 2 N–H and O–H groups in total. The number of unbranched alkanes of at least 4 members (excludes halogenated alkanes) is 4. The zero-order valence-electron chi connectivity index (χ0n) is 19.9. The molecular formula is C25H36ClN3O3S2. The molecule has 3 rings (SSSR count). The lowest BCUT2D eigenvalue weighted by atomic mass is 10.1. The first-order valence-electron chi connectivity index (χ1n) is 12.3. The maximum Gasteiger partial charge on any atom is 0.252 e. The number of sulfonamides is 1. The number of hydrogen-bond acceptors (Lipinski definition) is 5. The lowest BCUT2D eigenvalue weighted by Crippen LogP contribution is -2.34. The highest BCUT2D eigenvalue weighted by molar-refractivity contribution is 7.91. The molecule has 2 aromatic rings. The van der Waals surface area contributed by atoms with Crippen LogP contribution < -0.4 is 10.6 Å². The summed E-state index contributed by atoms with van der Waals surface area (Å²) in [4.78, 5) is 13.1. The predicted molar refractivity (Wildman–Crippen MR) is 140 cm³/mol. The SMILES string of the molecule is CCCCCCCNC1CCCN(S(=O)(=O)c2ccc(CNC(=O)c3ccc(Cl)cc3)s2)CC1. The van der Waals surface area contributed by atoms with E-state index in [9.17, 15) is 13.2 Å². The molecule has 9 heteroatoms. The molecule has 0 aliphatic carbocycles. The van der Waals surface area contributed by atoms with Crippen molar-refractivity contribution in [1.29, 1.82) is 0 Å². The molecule has 1 amide bonds. The number of nitrogens with zero attached hydrogens (tertiary/aromatic N) is 1. The Hall–Kier alpha value is -1.45. The second kappa shape index (κ2) is 13.6. The van der Waals surface area contributed by atoms with Gasteiger partial charge in [-0.1, -0.05) is 44.2 Å². The molecular weight excluding hydrogens is 490 g/mol. The van der Waals surface area contributed by atoms with Gasteiger partial charge in [0.05, 0.1) is 6.54 Å². The number of carbonyl (C=O) groups excluding carboxylic acids is 1. The maximum atomic E-state index is 13.2. The highest BCUT2D eigenvalue weighted by atomic mass is 35.5. The van der Waals surface area contributed by atoms with Crippen molar-refractivity contribution in [3.63, 3.8) is 0 Å². The molecule has 188 valence electrons. The van der Waals surface area contributed by atoms with Crippen LogP contribution in [-0.2, 0) is 16.6 Å². The molecule has 0 radical (unpaired) electrons. The lowest BCUT2D eigenvalue weighted by molar-refractivity contribution is 0.0951. The van der Waals surface area contributed by atoms with Gasteiger partial charge in [0, 0.05) is 34.6 Å². The van der Waals surface area contributed by atoms with Gasteiger partial charge in [-0.25, -0.2) is 8.42 Å². The van der Waals surface area contributed by atoms with E-state index >= 15 is 0 Å². The second-order valence-corrected chi connectivity index (χ2v) is 12.6. The van der Waals surface area contributed by atoms with E-state index in [2.05, 4.69) is 17.6 Å².